The molecule has 0 aliphatic rings. The molecule has 1 unspecified atom stereocenters. The van der Waals surface area contributed by atoms with Gasteiger partial charge in [0.15, 0.2) is 0 Å². The molecule has 3 N–H and O–H groups in total. The maximum absolute atomic E-state index is 12.9. The highest BCUT2D eigenvalue weighted by Gasteiger charge is 2.20. The smallest absolute Gasteiger partial charge is 0.241 e. The molecule has 1 rings (SSSR count). The molecule has 4 nitrogen and oxygen atoms in total. The molecule has 0 spiro atoms. The van der Waals surface area contributed by atoms with Crippen LogP contribution in [-0.2, 0) is 4.79 Å². The van der Waals surface area contributed by atoms with Gasteiger partial charge in [0.25, 0.3) is 0 Å². The van der Waals surface area contributed by atoms with Crippen molar-refractivity contribution in [3.8, 4) is 0 Å². The number of nitrogen functional groups attached to an aromatic ring is 1. The van der Waals surface area contributed by atoms with E-state index >= 15 is 0 Å². The Kier molecular flexibility index (Phi) is 4.67. The van der Waals surface area contributed by atoms with E-state index in [2.05, 4.69) is 5.32 Å². The summed E-state index contributed by atoms with van der Waals surface area (Å²) in [6.07, 6.45) is 0. The van der Waals surface area contributed by atoms with Crippen LogP contribution < -0.4 is 11.1 Å². The molecule has 100 valence electrons. The van der Waals surface area contributed by atoms with Crippen LogP contribution in [0.1, 0.15) is 20.8 Å². The third-order valence-corrected chi connectivity index (χ3v) is 3.08. The molecule has 1 aromatic carbocycles. The molecule has 1 aromatic rings. The van der Waals surface area contributed by atoms with Crippen LogP contribution in [0.5, 0.6) is 0 Å². The topological polar surface area (TPSA) is 58.4 Å². The summed E-state index contributed by atoms with van der Waals surface area (Å²) in [5.74, 6) is -0.581. The number of hydrogen-bond acceptors (Lipinski definition) is 3. The molecule has 0 saturated carbocycles. The zero-order valence-electron chi connectivity index (χ0n) is 11.2. The molecule has 0 aromatic heterocycles. The van der Waals surface area contributed by atoms with Gasteiger partial charge in [-0.05, 0) is 46.0 Å². The number of nitrogens with zero attached hydrogens (tertiary/aromatic N) is 1. The second kappa shape index (κ2) is 5.82. The fraction of sp³-hybridized carbons (Fsp3) is 0.462. The van der Waals surface area contributed by atoms with Gasteiger partial charge in [-0.2, -0.15) is 0 Å². The van der Waals surface area contributed by atoms with Crippen molar-refractivity contribution in [1.29, 1.82) is 0 Å². The van der Waals surface area contributed by atoms with Crippen LogP contribution in [0.4, 0.5) is 15.8 Å². The van der Waals surface area contributed by atoms with Crippen LogP contribution >= 0.6 is 0 Å². The number of carbonyl (C=O) groups excluding carboxylic acids is 1. The van der Waals surface area contributed by atoms with Crippen LogP contribution in [0.2, 0.25) is 0 Å². The largest absolute Gasteiger partial charge is 0.397 e. The summed E-state index contributed by atoms with van der Waals surface area (Å²) in [6, 6.07) is 3.89. The molecule has 0 saturated heterocycles. The molecule has 1 atom stereocenters. The standard InChI is InChI=1S/C13H20FN3O/c1-8(2)17(4)9(3)13(18)16-12-6-5-10(14)7-11(12)15/h5-9H,15H2,1-4H3,(H,16,18). The highest BCUT2D eigenvalue weighted by Crippen LogP contribution is 2.19. The lowest BCUT2D eigenvalue weighted by Gasteiger charge is -2.27. The fourth-order valence-electron chi connectivity index (χ4n) is 1.52. The minimum absolute atomic E-state index is 0.162. The van der Waals surface area contributed by atoms with Crippen molar-refractivity contribution >= 4 is 17.3 Å². The number of carbonyl (C=O) groups is 1. The lowest BCUT2D eigenvalue weighted by molar-refractivity contribution is -0.120. The Labute approximate surface area is 107 Å². The number of likely N-dealkylation sites (N-methyl/N-ethyl adjacent to an activating group) is 1. The number of rotatable bonds is 4. The summed E-state index contributed by atoms with van der Waals surface area (Å²) >= 11 is 0. The van der Waals surface area contributed by atoms with E-state index in [0.717, 1.165) is 0 Å². The summed E-state index contributed by atoms with van der Waals surface area (Å²) in [5, 5.41) is 2.70. The molecule has 1 amide bonds. The minimum atomic E-state index is -0.419. The number of halogens is 1. The van der Waals surface area contributed by atoms with E-state index in [0.29, 0.717) is 5.69 Å². The van der Waals surface area contributed by atoms with Crippen LogP contribution in [0.25, 0.3) is 0 Å². The lowest BCUT2D eigenvalue weighted by atomic mass is 10.2. The second-order valence-electron chi connectivity index (χ2n) is 4.66. The Morgan fingerprint density at radius 2 is 2.00 bits per heavy atom. The van der Waals surface area contributed by atoms with Gasteiger partial charge in [0.2, 0.25) is 5.91 Å². The van der Waals surface area contributed by atoms with Crippen molar-refractivity contribution in [2.75, 3.05) is 18.1 Å². The van der Waals surface area contributed by atoms with E-state index in [4.69, 9.17) is 5.73 Å². The number of anilines is 2. The van der Waals surface area contributed by atoms with Gasteiger partial charge in [0, 0.05) is 6.04 Å². The van der Waals surface area contributed by atoms with E-state index in [1.54, 1.807) is 0 Å². The Morgan fingerprint density at radius 3 is 2.50 bits per heavy atom. The maximum Gasteiger partial charge on any atom is 0.241 e. The summed E-state index contributed by atoms with van der Waals surface area (Å²) < 4.78 is 12.9. The number of amides is 1. The predicted octanol–water partition coefficient (Wildman–Crippen LogP) is 2.08. The molecule has 0 aliphatic carbocycles. The first kappa shape index (κ1) is 14.4. The first-order valence-electron chi connectivity index (χ1n) is 5.90. The van der Waals surface area contributed by atoms with Gasteiger partial charge in [0.1, 0.15) is 5.82 Å². The van der Waals surface area contributed by atoms with E-state index < -0.39 is 5.82 Å². The van der Waals surface area contributed by atoms with Gasteiger partial charge in [-0.25, -0.2) is 4.39 Å². The molecular formula is C13H20FN3O. The Hall–Kier alpha value is -1.62. The molecule has 0 fully saturated rings. The average molecular weight is 253 g/mol. The summed E-state index contributed by atoms with van der Waals surface area (Å²) in [7, 11) is 1.88. The number of nitrogens with two attached hydrogens (primary N) is 1. The van der Waals surface area contributed by atoms with E-state index in [1.165, 1.54) is 18.2 Å². The Morgan fingerprint density at radius 1 is 1.39 bits per heavy atom. The minimum Gasteiger partial charge on any atom is -0.397 e. The number of nitrogens with one attached hydrogen (secondary N) is 1. The SMILES string of the molecule is CC(C)N(C)C(C)C(=O)Nc1ccc(F)cc1N. The third-order valence-electron chi connectivity index (χ3n) is 3.08. The predicted molar refractivity (Wildman–Crippen MR) is 71.8 cm³/mol. The van der Waals surface area contributed by atoms with Gasteiger partial charge >= 0.3 is 0 Å². The van der Waals surface area contributed by atoms with Crippen LogP contribution in [0, 0.1) is 5.82 Å². The van der Waals surface area contributed by atoms with Gasteiger partial charge in [-0.15, -0.1) is 0 Å². The molecule has 18 heavy (non-hydrogen) atoms. The summed E-state index contributed by atoms with van der Waals surface area (Å²) in [6.45, 7) is 5.83. The third kappa shape index (κ3) is 3.43. The normalized spacial score (nSPS) is 12.8. The van der Waals surface area contributed by atoms with Crippen molar-refractivity contribution in [3.05, 3.63) is 24.0 Å². The Bertz CT molecular complexity index is 434. The van der Waals surface area contributed by atoms with E-state index in [1.807, 2.05) is 32.7 Å². The number of hydrogen-bond donors (Lipinski definition) is 2. The van der Waals surface area contributed by atoms with Crippen molar-refractivity contribution in [3.63, 3.8) is 0 Å². The van der Waals surface area contributed by atoms with E-state index in [9.17, 15) is 9.18 Å². The van der Waals surface area contributed by atoms with E-state index in [-0.39, 0.29) is 23.7 Å². The zero-order valence-corrected chi connectivity index (χ0v) is 11.2. The van der Waals surface area contributed by atoms with Crippen molar-refractivity contribution in [1.82, 2.24) is 4.90 Å². The first-order valence-corrected chi connectivity index (χ1v) is 5.90. The van der Waals surface area contributed by atoms with Gasteiger partial charge in [0.05, 0.1) is 17.4 Å². The molecule has 0 heterocycles. The van der Waals surface area contributed by atoms with Crippen LogP contribution in [0.3, 0.4) is 0 Å². The van der Waals surface area contributed by atoms with Crippen molar-refractivity contribution in [2.24, 2.45) is 0 Å². The highest BCUT2D eigenvalue weighted by atomic mass is 19.1. The van der Waals surface area contributed by atoms with Gasteiger partial charge < -0.3 is 11.1 Å². The lowest BCUT2D eigenvalue weighted by Crippen LogP contribution is -2.43. The van der Waals surface area contributed by atoms with Crippen molar-refractivity contribution in [2.45, 2.75) is 32.9 Å². The molecule has 0 bridgehead atoms. The van der Waals surface area contributed by atoms with Crippen LogP contribution in [-0.4, -0.2) is 29.9 Å². The van der Waals surface area contributed by atoms with Gasteiger partial charge in [-0.1, -0.05) is 0 Å². The Balaban J connectivity index is 2.75. The summed E-state index contributed by atoms with van der Waals surface area (Å²) in [5.41, 5.74) is 6.30. The zero-order chi connectivity index (χ0) is 13.9. The highest BCUT2D eigenvalue weighted by molar-refractivity contribution is 5.97. The monoisotopic (exact) mass is 253 g/mol. The average Bonchev–Trinajstić information content (AvgIpc) is 2.30. The summed E-state index contributed by atoms with van der Waals surface area (Å²) in [4.78, 5) is 13.9. The number of benzene rings is 1. The molecule has 0 radical (unpaired) electrons. The quantitative estimate of drug-likeness (QED) is 0.808. The second-order valence-corrected chi connectivity index (χ2v) is 4.66. The fourth-order valence-corrected chi connectivity index (χ4v) is 1.52. The molecule has 5 heteroatoms. The van der Waals surface area contributed by atoms with Gasteiger partial charge in [-0.3, -0.25) is 9.69 Å². The van der Waals surface area contributed by atoms with Crippen LogP contribution in [0.15, 0.2) is 18.2 Å². The maximum atomic E-state index is 12.9. The molecular weight excluding hydrogens is 233 g/mol. The molecule has 0 aliphatic heterocycles. The van der Waals surface area contributed by atoms with Crippen molar-refractivity contribution < 1.29 is 9.18 Å². The first-order chi connectivity index (χ1) is 8.32.